The smallest absolute Gasteiger partial charge is 0.283 e. The van der Waals surface area contributed by atoms with E-state index in [0.29, 0.717) is 5.69 Å². The Balaban J connectivity index is 2.89. The fraction of sp³-hybridized carbons (Fsp3) is 0.0909. The van der Waals surface area contributed by atoms with Gasteiger partial charge in [-0.3, -0.25) is 14.3 Å². The highest BCUT2D eigenvalue weighted by molar-refractivity contribution is 7.71. The maximum Gasteiger partial charge on any atom is 0.283 e. The van der Waals surface area contributed by atoms with E-state index in [4.69, 9.17) is 18.0 Å². The largest absolute Gasteiger partial charge is 0.383 e. The van der Waals surface area contributed by atoms with Crippen molar-refractivity contribution >= 4 is 23.7 Å². The molecule has 0 saturated heterocycles. The van der Waals surface area contributed by atoms with Crippen LogP contribution in [0.5, 0.6) is 0 Å². The van der Waals surface area contributed by atoms with Gasteiger partial charge < -0.3 is 5.73 Å². The molecule has 0 atom stereocenters. The normalized spacial score (nSPS) is 10.3. The summed E-state index contributed by atoms with van der Waals surface area (Å²) in [5.41, 5.74) is 6.33. The minimum absolute atomic E-state index is 0.0620. The molecule has 0 bridgehead atoms. The van der Waals surface area contributed by atoms with E-state index in [1.54, 1.807) is 6.07 Å². The molecule has 1 aromatic heterocycles. The number of aryl methyl sites for hydroxylation is 1. The van der Waals surface area contributed by atoms with Gasteiger partial charge in [-0.25, -0.2) is 0 Å². The molecule has 1 heterocycles. The van der Waals surface area contributed by atoms with Gasteiger partial charge in [0.05, 0.1) is 5.69 Å². The van der Waals surface area contributed by atoms with Gasteiger partial charge in [-0.05, 0) is 35.9 Å². The average Bonchev–Trinajstić information content (AvgIpc) is 2.31. The molecule has 0 unspecified atom stereocenters. The second kappa shape index (κ2) is 4.53. The lowest BCUT2D eigenvalue weighted by atomic mass is 10.2. The van der Waals surface area contributed by atoms with Crippen molar-refractivity contribution in [1.29, 1.82) is 0 Å². The number of aromatic amines is 1. The third-order valence-corrected chi connectivity index (χ3v) is 2.85. The average molecular weight is 262 g/mol. The van der Waals surface area contributed by atoms with Crippen LogP contribution in [0.15, 0.2) is 34.2 Å². The number of nitroso groups, excluding NO2 is 1. The van der Waals surface area contributed by atoms with Gasteiger partial charge >= 0.3 is 0 Å². The Bertz CT molecular complexity index is 733. The lowest BCUT2D eigenvalue weighted by Crippen LogP contribution is -2.16. The van der Waals surface area contributed by atoms with Crippen LogP contribution in [0, 0.1) is 16.6 Å². The monoisotopic (exact) mass is 262 g/mol. The molecule has 0 spiro atoms. The maximum atomic E-state index is 11.5. The molecule has 3 N–H and O–H groups in total. The Morgan fingerprint density at radius 2 is 2.06 bits per heavy atom. The minimum atomic E-state index is -0.683. The number of hydrogen-bond donors (Lipinski definition) is 2. The highest BCUT2D eigenvalue weighted by Crippen LogP contribution is 2.22. The van der Waals surface area contributed by atoms with Crippen molar-refractivity contribution in [1.82, 2.24) is 9.55 Å². The number of aromatic nitrogens is 2. The zero-order valence-corrected chi connectivity index (χ0v) is 10.3. The molecular formula is C11H10N4O2S. The number of benzene rings is 1. The van der Waals surface area contributed by atoms with Crippen LogP contribution in [-0.4, -0.2) is 9.55 Å². The minimum Gasteiger partial charge on any atom is -0.383 e. The van der Waals surface area contributed by atoms with Gasteiger partial charge in [0.25, 0.3) is 5.56 Å². The number of nitrogens with two attached hydrogens (primary N) is 1. The quantitative estimate of drug-likeness (QED) is 0.640. The van der Waals surface area contributed by atoms with E-state index in [2.05, 4.69) is 10.2 Å². The van der Waals surface area contributed by atoms with Crippen molar-refractivity contribution in [3.8, 4) is 5.69 Å². The summed E-state index contributed by atoms with van der Waals surface area (Å²) in [6, 6.07) is 7.33. The Hall–Kier alpha value is -2.28. The first kappa shape index (κ1) is 12.2. The molecular weight excluding hydrogens is 252 g/mol. The zero-order valence-electron chi connectivity index (χ0n) is 9.51. The van der Waals surface area contributed by atoms with E-state index in [9.17, 15) is 9.70 Å². The first-order chi connectivity index (χ1) is 8.56. The molecule has 7 heteroatoms. The number of nitrogens with one attached hydrogen (secondary N) is 1. The summed E-state index contributed by atoms with van der Waals surface area (Å²) in [5, 5.41) is 2.64. The summed E-state index contributed by atoms with van der Waals surface area (Å²) in [6.45, 7) is 1.87. The van der Waals surface area contributed by atoms with Gasteiger partial charge in [0, 0.05) is 0 Å². The number of hydrogen-bond acceptors (Lipinski definition) is 5. The van der Waals surface area contributed by atoms with Crippen molar-refractivity contribution in [2.45, 2.75) is 6.92 Å². The predicted octanol–water partition coefficient (Wildman–Crippen LogP) is 2.18. The number of para-hydroxylation sites is 1. The van der Waals surface area contributed by atoms with Crippen LogP contribution in [-0.2, 0) is 0 Å². The second-order valence-corrected chi connectivity index (χ2v) is 4.09. The zero-order chi connectivity index (χ0) is 13.3. The summed E-state index contributed by atoms with van der Waals surface area (Å²) in [7, 11) is 0. The molecule has 0 saturated carbocycles. The third kappa shape index (κ3) is 1.84. The molecule has 92 valence electrons. The van der Waals surface area contributed by atoms with E-state index in [1.165, 1.54) is 4.57 Å². The predicted molar refractivity (Wildman–Crippen MR) is 71.8 cm³/mol. The highest BCUT2D eigenvalue weighted by Gasteiger charge is 2.13. The van der Waals surface area contributed by atoms with E-state index < -0.39 is 5.56 Å². The topological polar surface area (TPSA) is 93.2 Å². The number of anilines is 1. The van der Waals surface area contributed by atoms with Crippen LogP contribution in [0.25, 0.3) is 5.69 Å². The van der Waals surface area contributed by atoms with Crippen LogP contribution in [0.2, 0.25) is 0 Å². The Morgan fingerprint density at radius 3 is 2.67 bits per heavy atom. The van der Waals surface area contributed by atoms with Crippen LogP contribution in [0.4, 0.5) is 11.5 Å². The van der Waals surface area contributed by atoms with Crippen molar-refractivity contribution in [2.24, 2.45) is 5.18 Å². The fourth-order valence-electron chi connectivity index (χ4n) is 1.69. The molecule has 0 aliphatic heterocycles. The van der Waals surface area contributed by atoms with Crippen LogP contribution < -0.4 is 11.3 Å². The van der Waals surface area contributed by atoms with E-state index in [0.717, 1.165) is 5.56 Å². The van der Waals surface area contributed by atoms with Gasteiger partial charge in [0.15, 0.2) is 4.77 Å². The van der Waals surface area contributed by atoms with E-state index in [1.807, 2.05) is 25.1 Å². The summed E-state index contributed by atoms with van der Waals surface area (Å²) in [4.78, 5) is 24.5. The van der Waals surface area contributed by atoms with Gasteiger partial charge in [0.1, 0.15) is 5.82 Å². The van der Waals surface area contributed by atoms with E-state index in [-0.39, 0.29) is 16.3 Å². The first-order valence-electron chi connectivity index (χ1n) is 5.10. The number of nitrogens with zero attached hydrogens (tertiary/aromatic N) is 2. The molecule has 18 heavy (non-hydrogen) atoms. The molecule has 0 aliphatic carbocycles. The lowest BCUT2D eigenvalue weighted by molar-refractivity contribution is 0.940. The molecule has 2 rings (SSSR count). The molecule has 2 aromatic rings. The summed E-state index contributed by atoms with van der Waals surface area (Å²) in [5.74, 6) is -0.0620. The summed E-state index contributed by atoms with van der Waals surface area (Å²) >= 11 is 5.06. The van der Waals surface area contributed by atoms with Crippen LogP contribution in [0.1, 0.15) is 5.56 Å². The molecule has 1 aromatic carbocycles. The summed E-state index contributed by atoms with van der Waals surface area (Å²) in [6.07, 6.45) is 0. The standard InChI is InChI=1S/C11H10N4O2S/c1-6-4-2-3-5-7(6)15-9(12)8(14-17)10(16)13-11(15)18/h2-5H,12H2,1H3,(H,13,16,18). The van der Waals surface area contributed by atoms with Crippen molar-refractivity contribution in [3.05, 3.63) is 49.9 Å². The SMILES string of the molecule is Cc1ccccc1-n1c(N)c(N=O)c(=O)[nH]c1=S. The highest BCUT2D eigenvalue weighted by atomic mass is 32.1. The van der Waals surface area contributed by atoms with Gasteiger partial charge in [-0.1, -0.05) is 18.2 Å². The second-order valence-electron chi connectivity index (χ2n) is 3.71. The van der Waals surface area contributed by atoms with Crippen molar-refractivity contribution in [3.63, 3.8) is 0 Å². The van der Waals surface area contributed by atoms with Crippen LogP contribution in [0.3, 0.4) is 0 Å². The Morgan fingerprint density at radius 1 is 1.39 bits per heavy atom. The Kier molecular flexibility index (Phi) is 3.07. The maximum absolute atomic E-state index is 11.5. The van der Waals surface area contributed by atoms with Gasteiger partial charge in [0.2, 0.25) is 5.69 Å². The third-order valence-electron chi connectivity index (χ3n) is 2.57. The Labute approximate surface area is 107 Å². The lowest BCUT2D eigenvalue weighted by Gasteiger charge is -2.13. The first-order valence-corrected chi connectivity index (χ1v) is 5.51. The molecule has 6 nitrogen and oxygen atoms in total. The molecule has 0 radical (unpaired) electrons. The van der Waals surface area contributed by atoms with Crippen molar-refractivity contribution < 1.29 is 0 Å². The molecule has 0 fully saturated rings. The number of H-pyrrole nitrogens is 1. The number of rotatable bonds is 2. The number of nitrogen functional groups attached to an aromatic ring is 1. The van der Waals surface area contributed by atoms with Crippen LogP contribution >= 0.6 is 12.2 Å². The van der Waals surface area contributed by atoms with Crippen molar-refractivity contribution in [2.75, 3.05) is 5.73 Å². The molecule has 0 aliphatic rings. The summed E-state index contributed by atoms with van der Waals surface area (Å²) < 4.78 is 1.54. The fourth-order valence-corrected chi connectivity index (χ4v) is 1.97. The van der Waals surface area contributed by atoms with Gasteiger partial charge in [-0.15, -0.1) is 4.91 Å². The van der Waals surface area contributed by atoms with Gasteiger partial charge in [-0.2, -0.15) is 0 Å². The van der Waals surface area contributed by atoms with E-state index >= 15 is 0 Å². The molecule has 0 amide bonds.